The number of unbranched alkanes of at least 4 members (excludes halogenated alkanes) is 4. The van der Waals surface area contributed by atoms with Crippen molar-refractivity contribution in [1.29, 1.82) is 0 Å². The average molecular weight is 271 g/mol. The van der Waals surface area contributed by atoms with Crippen molar-refractivity contribution in [2.45, 2.75) is 65.2 Å². The first-order valence-electron chi connectivity index (χ1n) is 6.44. The Hall–Kier alpha value is -0.000519. The van der Waals surface area contributed by atoms with Crippen LogP contribution in [0.5, 0.6) is 0 Å². The second kappa shape index (κ2) is 8.19. The molecule has 0 saturated heterocycles. The summed E-state index contributed by atoms with van der Waals surface area (Å²) in [7, 11) is 0. The van der Waals surface area contributed by atoms with E-state index in [9.17, 15) is 0 Å². The summed E-state index contributed by atoms with van der Waals surface area (Å²) in [5.41, 5.74) is 0. The summed E-state index contributed by atoms with van der Waals surface area (Å²) in [5.74, 6) is 0. The van der Waals surface area contributed by atoms with E-state index in [1.54, 1.807) is 8.87 Å². The van der Waals surface area contributed by atoms with Crippen LogP contribution in [0.15, 0.2) is 12.1 Å². The first kappa shape index (κ1) is 13.1. The monoisotopic (exact) mass is 272 g/mol. The number of hydrogen-bond acceptors (Lipinski definition) is 0. The van der Waals surface area contributed by atoms with Crippen LogP contribution in [0.2, 0.25) is 0 Å². The van der Waals surface area contributed by atoms with Crippen molar-refractivity contribution in [3.8, 4) is 0 Å². The van der Waals surface area contributed by atoms with Crippen LogP contribution in [0, 0.1) is 0 Å². The van der Waals surface area contributed by atoms with Crippen molar-refractivity contribution >= 4 is 14.5 Å². The van der Waals surface area contributed by atoms with E-state index in [0.29, 0.717) is 0 Å². The van der Waals surface area contributed by atoms with Gasteiger partial charge in [0.05, 0.1) is 0 Å². The van der Waals surface area contributed by atoms with Crippen LogP contribution >= 0.6 is 0 Å². The summed E-state index contributed by atoms with van der Waals surface area (Å²) in [5, 5.41) is 0. The van der Waals surface area contributed by atoms with Gasteiger partial charge < -0.3 is 0 Å². The molecule has 1 heteroatoms. The third kappa shape index (κ3) is 5.58. The van der Waals surface area contributed by atoms with Gasteiger partial charge in [-0.25, -0.2) is 0 Å². The molecule has 0 aromatic carbocycles. The number of hydrogen-bond donors (Lipinski definition) is 0. The van der Waals surface area contributed by atoms with Crippen LogP contribution in [-0.4, -0.2) is 14.5 Å². The van der Waals surface area contributed by atoms with Crippen molar-refractivity contribution < 1.29 is 0 Å². The zero-order valence-corrected chi connectivity index (χ0v) is 11.9. The molecule has 0 nitrogen and oxygen atoms in total. The van der Waals surface area contributed by atoms with Crippen molar-refractivity contribution in [3.05, 3.63) is 21.0 Å². The predicted octanol–water partition coefficient (Wildman–Crippen LogP) is 4.21. The first-order chi connectivity index (χ1) is 7.36. The second-order valence-corrected chi connectivity index (χ2v) is 6.91. The van der Waals surface area contributed by atoms with Gasteiger partial charge in [0.1, 0.15) is 0 Å². The molecule has 15 heavy (non-hydrogen) atoms. The molecule has 0 amide bonds. The standard InChI is InChI=1S/C14H24Se/c1-3-5-7-9-13-11-12-14(15-13)10-8-6-4-2/h11-12H,3-10H2,1-2H3. The average Bonchev–Trinajstić information content (AvgIpc) is 2.67. The second-order valence-electron chi connectivity index (χ2n) is 4.28. The molecule has 0 spiro atoms. The quantitative estimate of drug-likeness (QED) is 0.491. The minimum absolute atomic E-state index is 0.724. The molecule has 1 aromatic heterocycles. The Labute approximate surface area is 101 Å². The Morgan fingerprint density at radius 3 is 1.67 bits per heavy atom. The molecule has 1 heterocycles. The predicted molar refractivity (Wildman–Crippen MR) is 69.8 cm³/mol. The molecule has 86 valence electrons. The van der Waals surface area contributed by atoms with E-state index < -0.39 is 0 Å². The van der Waals surface area contributed by atoms with Gasteiger partial charge in [0.25, 0.3) is 0 Å². The Bertz CT molecular complexity index is 225. The van der Waals surface area contributed by atoms with E-state index >= 15 is 0 Å². The fraction of sp³-hybridized carbons (Fsp3) is 0.714. The summed E-state index contributed by atoms with van der Waals surface area (Å²) in [6.45, 7) is 4.56. The summed E-state index contributed by atoms with van der Waals surface area (Å²) in [6, 6.07) is 4.80. The Balaban J connectivity index is 2.23. The molecule has 0 aliphatic carbocycles. The van der Waals surface area contributed by atoms with Gasteiger partial charge in [-0.05, 0) is 0 Å². The van der Waals surface area contributed by atoms with E-state index in [2.05, 4.69) is 26.0 Å². The van der Waals surface area contributed by atoms with E-state index in [4.69, 9.17) is 0 Å². The van der Waals surface area contributed by atoms with Crippen molar-refractivity contribution in [3.63, 3.8) is 0 Å². The summed E-state index contributed by atoms with van der Waals surface area (Å²) < 4.78 is 3.48. The molecule has 0 unspecified atom stereocenters. The minimum atomic E-state index is 0.724. The summed E-state index contributed by atoms with van der Waals surface area (Å²) >= 11 is 0.724. The molecule has 1 aromatic rings. The summed E-state index contributed by atoms with van der Waals surface area (Å²) in [4.78, 5) is 0. The molecule has 0 aliphatic heterocycles. The first-order valence-corrected chi connectivity index (χ1v) is 8.15. The van der Waals surface area contributed by atoms with E-state index in [0.717, 1.165) is 14.5 Å². The van der Waals surface area contributed by atoms with E-state index in [1.165, 1.54) is 51.4 Å². The molecule has 1 rings (SSSR count). The Morgan fingerprint density at radius 1 is 0.800 bits per heavy atom. The van der Waals surface area contributed by atoms with Gasteiger partial charge in [0.2, 0.25) is 0 Å². The fourth-order valence-corrected chi connectivity index (χ4v) is 4.10. The summed E-state index contributed by atoms with van der Waals surface area (Å²) in [6.07, 6.45) is 11.0. The number of aryl methyl sites for hydroxylation is 2. The normalized spacial score (nSPS) is 10.8. The van der Waals surface area contributed by atoms with Crippen molar-refractivity contribution in [1.82, 2.24) is 0 Å². The van der Waals surface area contributed by atoms with Crippen LogP contribution in [-0.2, 0) is 12.8 Å². The Morgan fingerprint density at radius 2 is 1.27 bits per heavy atom. The molecule has 0 saturated carbocycles. The van der Waals surface area contributed by atoms with Crippen LogP contribution in [0.1, 0.15) is 61.2 Å². The van der Waals surface area contributed by atoms with Gasteiger partial charge in [-0.3, -0.25) is 0 Å². The van der Waals surface area contributed by atoms with Gasteiger partial charge in [-0.2, -0.15) is 0 Å². The third-order valence-electron chi connectivity index (χ3n) is 2.77. The van der Waals surface area contributed by atoms with Crippen LogP contribution < -0.4 is 0 Å². The zero-order valence-electron chi connectivity index (χ0n) is 10.2. The molecular formula is C14H24Se. The zero-order chi connectivity index (χ0) is 10.9. The Kier molecular flexibility index (Phi) is 7.13. The van der Waals surface area contributed by atoms with Gasteiger partial charge >= 0.3 is 101 Å². The van der Waals surface area contributed by atoms with Gasteiger partial charge in [-0.1, -0.05) is 0 Å². The molecule has 0 atom stereocenters. The third-order valence-corrected chi connectivity index (χ3v) is 5.30. The SMILES string of the molecule is CCCCCc1ccc(CCCCC)[se]1. The molecule has 0 N–H and O–H groups in total. The molecule has 0 bridgehead atoms. The molecule has 0 fully saturated rings. The van der Waals surface area contributed by atoms with Crippen molar-refractivity contribution in [2.75, 3.05) is 0 Å². The maximum atomic E-state index is 2.40. The van der Waals surface area contributed by atoms with Crippen LogP contribution in [0.4, 0.5) is 0 Å². The fourth-order valence-electron chi connectivity index (χ4n) is 1.79. The molecule has 0 radical (unpaired) electrons. The van der Waals surface area contributed by atoms with E-state index in [1.807, 2.05) is 0 Å². The van der Waals surface area contributed by atoms with Gasteiger partial charge in [0, 0.05) is 0 Å². The van der Waals surface area contributed by atoms with Gasteiger partial charge in [0.15, 0.2) is 0 Å². The maximum absolute atomic E-state index is 2.40. The topological polar surface area (TPSA) is 0 Å². The van der Waals surface area contributed by atoms with Crippen molar-refractivity contribution in [2.24, 2.45) is 0 Å². The van der Waals surface area contributed by atoms with Crippen LogP contribution in [0.3, 0.4) is 0 Å². The molecular weight excluding hydrogens is 247 g/mol. The van der Waals surface area contributed by atoms with Crippen LogP contribution in [0.25, 0.3) is 0 Å². The van der Waals surface area contributed by atoms with Gasteiger partial charge in [-0.15, -0.1) is 0 Å². The number of rotatable bonds is 8. The molecule has 0 aliphatic rings. The van der Waals surface area contributed by atoms with E-state index in [-0.39, 0.29) is 0 Å².